The minimum atomic E-state index is -2.64. The number of rotatable bonds is 18. The molecular formula is C23H51NO6Si2. The van der Waals surface area contributed by atoms with Crippen molar-refractivity contribution < 1.29 is 27.6 Å². The predicted molar refractivity (Wildman–Crippen MR) is 136 cm³/mol. The molecule has 1 atom stereocenters. The molecule has 1 N–H and O–H groups in total. The lowest BCUT2D eigenvalue weighted by Gasteiger charge is -2.44. The van der Waals surface area contributed by atoms with Gasteiger partial charge < -0.3 is 27.7 Å². The van der Waals surface area contributed by atoms with Crippen molar-refractivity contribution in [3.63, 3.8) is 0 Å². The summed E-state index contributed by atoms with van der Waals surface area (Å²) in [6.07, 6.45) is 0.998. The van der Waals surface area contributed by atoms with Crippen molar-refractivity contribution in [3.05, 3.63) is 0 Å². The Labute approximate surface area is 199 Å². The zero-order chi connectivity index (χ0) is 25.1. The molecule has 0 aromatic rings. The lowest BCUT2D eigenvalue weighted by molar-refractivity contribution is -0.146. The van der Waals surface area contributed by atoms with Crippen LogP contribution >= 0.6 is 0 Å². The van der Waals surface area contributed by atoms with Crippen molar-refractivity contribution in [2.75, 3.05) is 41.0 Å². The van der Waals surface area contributed by atoms with Crippen molar-refractivity contribution in [1.82, 2.24) is 4.90 Å². The number of aliphatic carboxylic acids is 1. The molecular weight excluding hydrogens is 442 g/mol. The summed E-state index contributed by atoms with van der Waals surface area (Å²) >= 11 is 0. The predicted octanol–water partition coefficient (Wildman–Crippen LogP) is 5.25. The maximum absolute atomic E-state index is 12.3. The van der Waals surface area contributed by atoms with Crippen LogP contribution in [-0.4, -0.2) is 80.2 Å². The highest BCUT2D eigenvalue weighted by Crippen LogP contribution is 2.43. The van der Waals surface area contributed by atoms with Crippen LogP contribution in [-0.2, 0) is 22.5 Å². The molecule has 0 rings (SSSR count). The van der Waals surface area contributed by atoms with Gasteiger partial charge in [-0.25, -0.2) is 4.79 Å². The van der Waals surface area contributed by atoms with Crippen LogP contribution in [0.1, 0.15) is 68.2 Å². The summed E-state index contributed by atoms with van der Waals surface area (Å²) in [6.45, 7) is 19.5. The molecule has 0 aliphatic heterocycles. The Hall–Kier alpha value is -0.296. The number of hydrogen-bond acceptors (Lipinski definition) is 6. The Morgan fingerprint density at radius 1 is 0.844 bits per heavy atom. The smallest absolute Gasteiger partial charge is 0.479 e. The molecule has 0 aliphatic carbocycles. The van der Waals surface area contributed by atoms with Crippen LogP contribution in [0.5, 0.6) is 0 Å². The molecule has 0 spiro atoms. The number of hydrogen-bond donors (Lipinski definition) is 1. The van der Waals surface area contributed by atoms with Gasteiger partial charge in [-0.2, -0.15) is 0 Å². The lowest BCUT2D eigenvalue weighted by Crippen LogP contribution is -2.54. The summed E-state index contributed by atoms with van der Waals surface area (Å²) < 4.78 is 23.3. The average Bonchev–Trinajstić information content (AvgIpc) is 2.71. The summed E-state index contributed by atoms with van der Waals surface area (Å²) in [6, 6.07) is 0.690. The van der Waals surface area contributed by atoms with E-state index in [-0.39, 0.29) is 0 Å². The quantitative estimate of drug-likeness (QED) is 0.261. The van der Waals surface area contributed by atoms with Crippen molar-refractivity contribution in [2.45, 2.75) is 97.0 Å². The molecule has 0 heterocycles. The van der Waals surface area contributed by atoms with Gasteiger partial charge in [0.25, 0.3) is 0 Å². The van der Waals surface area contributed by atoms with Gasteiger partial charge in [0, 0.05) is 33.9 Å². The van der Waals surface area contributed by atoms with Crippen LogP contribution in [0.3, 0.4) is 0 Å². The molecule has 0 aliphatic rings. The fraction of sp³-hybridized carbons (Fsp3) is 0.957. The second-order valence-corrected chi connectivity index (χ2v) is 18.6. The monoisotopic (exact) mass is 493 g/mol. The molecule has 0 aromatic heterocycles. The molecule has 0 bridgehead atoms. The third kappa shape index (κ3) is 9.15. The summed E-state index contributed by atoms with van der Waals surface area (Å²) in [7, 11) is -0.0762. The summed E-state index contributed by atoms with van der Waals surface area (Å²) in [4.78, 5) is 14.5. The van der Waals surface area contributed by atoms with Crippen LogP contribution in [0.4, 0.5) is 0 Å². The van der Waals surface area contributed by atoms with E-state index in [0.29, 0.717) is 35.1 Å². The highest BCUT2D eigenvalue weighted by atomic mass is 28.4. The van der Waals surface area contributed by atoms with Crippen molar-refractivity contribution in [3.8, 4) is 0 Å². The fourth-order valence-electron chi connectivity index (χ4n) is 4.87. The molecule has 0 amide bonds. The molecule has 32 heavy (non-hydrogen) atoms. The highest BCUT2D eigenvalue weighted by molar-refractivity contribution is 6.77. The van der Waals surface area contributed by atoms with Crippen LogP contribution in [0.15, 0.2) is 0 Å². The first-order valence-corrected chi connectivity index (χ1v) is 16.2. The van der Waals surface area contributed by atoms with E-state index in [1.165, 1.54) is 0 Å². The Morgan fingerprint density at radius 3 is 1.66 bits per heavy atom. The van der Waals surface area contributed by atoms with Gasteiger partial charge in [0.2, 0.25) is 8.32 Å². The number of carboxylic acids is 1. The second-order valence-electron chi connectivity index (χ2n) is 10.1. The normalized spacial score (nSPS) is 14.4. The zero-order valence-corrected chi connectivity index (χ0v) is 24.6. The van der Waals surface area contributed by atoms with E-state index in [1.807, 2.05) is 0 Å². The van der Waals surface area contributed by atoms with Gasteiger partial charge in [0.05, 0.1) is 0 Å². The minimum Gasteiger partial charge on any atom is -0.479 e. The van der Waals surface area contributed by atoms with E-state index in [4.69, 9.17) is 17.7 Å². The van der Waals surface area contributed by atoms with E-state index >= 15 is 0 Å². The first-order valence-electron chi connectivity index (χ1n) is 12.1. The van der Waals surface area contributed by atoms with E-state index in [0.717, 1.165) is 25.9 Å². The van der Waals surface area contributed by atoms with Gasteiger partial charge in [0.1, 0.15) is 0 Å². The van der Waals surface area contributed by atoms with E-state index in [9.17, 15) is 9.90 Å². The molecule has 192 valence electrons. The largest absolute Gasteiger partial charge is 0.500 e. The average molecular weight is 494 g/mol. The third-order valence-electron chi connectivity index (χ3n) is 6.67. The van der Waals surface area contributed by atoms with Gasteiger partial charge in [-0.15, -0.1) is 0 Å². The van der Waals surface area contributed by atoms with Crippen LogP contribution in [0.25, 0.3) is 0 Å². The fourth-order valence-corrected chi connectivity index (χ4v) is 12.1. The third-order valence-corrected chi connectivity index (χ3v) is 15.6. The van der Waals surface area contributed by atoms with Crippen molar-refractivity contribution >= 4 is 23.1 Å². The van der Waals surface area contributed by atoms with E-state index < -0.39 is 29.2 Å². The Balaban J connectivity index is 5.57. The first kappa shape index (κ1) is 31.7. The zero-order valence-electron chi connectivity index (χ0n) is 22.6. The molecule has 0 saturated heterocycles. The maximum Gasteiger partial charge on any atom is 0.500 e. The van der Waals surface area contributed by atoms with Crippen molar-refractivity contribution in [1.29, 1.82) is 0 Å². The highest BCUT2D eigenvalue weighted by Gasteiger charge is 2.48. The topological polar surface area (TPSA) is 77.5 Å². The Kier molecular flexibility index (Phi) is 14.7. The van der Waals surface area contributed by atoms with Gasteiger partial charge in [-0.1, -0.05) is 55.4 Å². The molecule has 0 fully saturated rings. The molecule has 1 unspecified atom stereocenters. The molecule has 0 aromatic carbocycles. The second kappa shape index (κ2) is 14.9. The minimum absolute atomic E-state index is 0.338. The number of nitrogens with zero attached hydrogens (tertiary/aromatic N) is 1. The van der Waals surface area contributed by atoms with Crippen LogP contribution < -0.4 is 0 Å². The van der Waals surface area contributed by atoms with Gasteiger partial charge in [-0.05, 0) is 48.5 Å². The Bertz CT molecular complexity index is 497. The lowest BCUT2D eigenvalue weighted by atomic mass is 10.1. The van der Waals surface area contributed by atoms with Gasteiger partial charge >= 0.3 is 14.8 Å². The summed E-state index contributed by atoms with van der Waals surface area (Å²) in [5.74, 6) is -0.324. The number of carbonyl (C=O) groups is 1. The molecule has 0 radical (unpaired) electrons. The standard InChI is InChI=1S/C23H51NO6Si2/c1-18(2)13-15-24(14-12-16-31(27-9,28-10)29-11)17-22(23(25)26)30-32(19(3)4,20(5)6)21(7)8/h18-22H,12-17H2,1-11H3,(H,25,26). The Morgan fingerprint density at radius 2 is 1.31 bits per heavy atom. The van der Waals surface area contributed by atoms with Crippen molar-refractivity contribution in [2.24, 2.45) is 5.92 Å². The van der Waals surface area contributed by atoms with E-state index in [2.05, 4.69) is 60.3 Å². The molecule has 7 nitrogen and oxygen atoms in total. The van der Waals surface area contributed by atoms with Gasteiger partial charge in [0.15, 0.2) is 6.10 Å². The first-order chi connectivity index (χ1) is 14.8. The van der Waals surface area contributed by atoms with Gasteiger partial charge in [-0.3, -0.25) is 0 Å². The number of carboxylic acid groups (broad SMARTS) is 1. The van der Waals surface area contributed by atoms with E-state index in [1.54, 1.807) is 21.3 Å². The summed E-state index contributed by atoms with van der Waals surface area (Å²) in [5, 5.41) is 10.1. The molecule has 0 saturated carbocycles. The molecule has 9 heteroatoms. The maximum atomic E-state index is 12.3. The SMILES string of the molecule is CO[Si](CCCN(CCC(C)C)CC(O[Si](C(C)C)(C(C)C)C(C)C)C(=O)O)(OC)OC. The van der Waals surface area contributed by atoms with Crippen LogP contribution in [0, 0.1) is 5.92 Å². The summed E-state index contributed by atoms with van der Waals surface area (Å²) in [5.41, 5.74) is 1.01. The van der Waals surface area contributed by atoms with Crippen LogP contribution in [0.2, 0.25) is 22.7 Å².